The minimum Gasteiger partial charge on any atom is -0.496 e. The highest BCUT2D eigenvalue weighted by Gasteiger charge is 2.15. The maximum atomic E-state index is 12.3. The Morgan fingerprint density at radius 3 is 2.08 bits per heavy atom. The molecule has 0 N–H and O–H groups in total. The van der Waals surface area contributed by atoms with Crippen molar-refractivity contribution in [1.82, 2.24) is 0 Å². The molecule has 0 saturated heterocycles. The molecule has 6 nitrogen and oxygen atoms in total. The highest BCUT2D eigenvalue weighted by atomic mass is 79.9. The summed E-state index contributed by atoms with van der Waals surface area (Å²) in [6.45, 7) is 0.0417. The van der Waals surface area contributed by atoms with E-state index in [4.69, 9.17) is 23.7 Å². The van der Waals surface area contributed by atoms with E-state index in [0.29, 0.717) is 34.1 Å². The lowest BCUT2D eigenvalue weighted by molar-refractivity contribution is 0.0469. The molecule has 0 aliphatic carbocycles. The summed E-state index contributed by atoms with van der Waals surface area (Å²) in [7, 11) is 6.15. The van der Waals surface area contributed by atoms with E-state index in [1.54, 1.807) is 44.6 Å². The molecule has 0 saturated carbocycles. The largest absolute Gasteiger partial charge is 0.496 e. The van der Waals surface area contributed by atoms with Crippen LogP contribution in [0, 0.1) is 0 Å². The molecular formula is C18H19BrO6. The van der Waals surface area contributed by atoms with Crippen LogP contribution in [0.2, 0.25) is 0 Å². The summed E-state index contributed by atoms with van der Waals surface area (Å²) in [5.41, 5.74) is 1.05. The van der Waals surface area contributed by atoms with E-state index in [1.807, 2.05) is 0 Å². The highest BCUT2D eigenvalue weighted by molar-refractivity contribution is 9.10. The molecule has 0 aliphatic rings. The fraction of sp³-hybridized carbons (Fsp3) is 0.278. The van der Waals surface area contributed by atoms with Crippen molar-refractivity contribution in [2.24, 2.45) is 0 Å². The van der Waals surface area contributed by atoms with Gasteiger partial charge in [-0.05, 0) is 46.3 Å². The molecule has 0 bridgehead atoms. The van der Waals surface area contributed by atoms with Crippen molar-refractivity contribution < 1.29 is 28.5 Å². The van der Waals surface area contributed by atoms with Crippen molar-refractivity contribution in [3.8, 4) is 23.0 Å². The second-order valence-electron chi connectivity index (χ2n) is 4.94. The van der Waals surface area contributed by atoms with Crippen molar-refractivity contribution in [3.63, 3.8) is 0 Å². The van der Waals surface area contributed by atoms with Gasteiger partial charge < -0.3 is 23.7 Å². The zero-order valence-electron chi connectivity index (χ0n) is 14.4. The summed E-state index contributed by atoms with van der Waals surface area (Å²) < 4.78 is 27.1. The van der Waals surface area contributed by atoms with Gasteiger partial charge in [0.25, 0.3) is 0 Å². The Kier molecular flexibility index (Phi) is 6.52. The van der Waals surface area contributed by atoms with Crippen molar-refractivity contribution in [1.29, 1.82) is 0 Å². The van der Waals surface area contributed by atoms with Crippen LogP contribution in [0.25, 0.3) is 0 Å². The number of ether oxygens (including phenoxy) is 5. The van der Waals surface area contributed by atoms with Gasteiger partial charge in [-0.25, -0.2) is 4.79 Å². The van der Waals surface area contributed by atoms with Crippen molar-refractivity contribution in [2.75, 3.05) is 28.4 Å². The third-order valence-electron chi connectivity index (χ3n) is 3.53. The lowest BCUT2D eigenvalue weighted by atomic mass is 10.2. The van der Waals surface area contributed by atoms with Gasteiger partial charge in [0.1, 0.15) is 18.1 Å². The van der Waals surface area contributed by atoms with Crippen LogP contribution in [0.3, 0.4) is 0 Å². The molecule has 25 heavy (non-hydrogen) atoms. The molecule has 0 aromatic heterocycles. The second-order valence-corrected chi connectivity index (χ2v) is 5.80. The number of halogens is 1. The SMILES string of the molecule is COc1cc(COC(=O)c2ccc(OC)c(OC)c2)c(OC)cc1Br. The van der Waals surface area contributed by atoms with Gasteiger partial charge in [0.15, 0.2) is 11.5 Å². The molecule has 0 heterocycles. The number of methoxy groups -OCH3 is 4. The molecular weight excluding hydrogens is 392 g/mol. The first-order valence-electron chi connectivity index (χ1n) is 7.33. The normalized spacial score (nSPS) is 10.1. The summed E-state index contributed by atoms with van der Waals surface area (Å²) in [6, 6.07) is 8.35. The molecule has 2 rings (SSSR count). The fourth-order valence-electron chi connectivity index (χ4n) is 2.23. The standard InChI is InChI=1S/C18H19BrO6/c1-21-14-6-5-11(7-17(14)24-4)18(20)25-10-12-8-16(23-3)13(19)9-15(12)22-2/h5-9H,10H2,1-4H3. The third kappa shape index (κ3) is 4.36. The minimum absolute atomic E-state index is 0.0417. The predicted octanol–water partition coefficient (Wildman–Crippen LogP) is 3.84. The first kappa shape index (κ1) is 18.9. The number of benzene rings is 2. The van der Waals surface area contributed by atoms with E-state index in [2.05, 4.69) is 15.9 Å². The molecule has 0 aliphatic heterocycles. The molecule has 0 amide bonds. The van der Waals surface area contributed by atoms with Gasteiger partial charge >= 0.3 is 5.97 Å². The summed E-state index contributed by atoms with van der Waals surface area (Å²) in [4.78, 5) is 12.3. The number of rotatable bonds is 7. The summed E-state index contributed by atoms with van der Waals surface area (Å²) in [5.74, 6) is 1.73. The molecule has 0 atom stereocenters. The molecule has 7 heteroatoms. The van der Waals surface area contributed by atoms with Crippen molar-refractivity contribution >= 4 is 21.9 Å². The Morgan fingerprint density at radius 2 is 1.48 bits per heavy atom. The number of hydrogen-bond acceptors (Lipinski definition) is 6. The first-order chi connectivity index (χ1) is 12.0. The average Bonchev–Trinajstić information content (AvgIpc) is 2.65. The van der Waals surface area contributed by atoms with Gasteiger partial charge in [0.05, 0.1) is 38.5 Å². The molecule has 0 spiro atoms. The van der Waals surface area contributed by atoms with Gasteiger partial charge in [0, 0.05) is 5.56 Å². The molecule has 2 aromatic carbocycles. The lowest BCUT2D eigenvalue weighted by Crippen LogP contribution is -2.07. The quantitative estimate of drug-likeness (QED) is 0.646. The van der Waals surface area contributed by atoms with Crippen LogP contribution in [0.1, 0.15) is 15.9 Å². The second kappa shape index (κ2) is 8.62. The third-order valence-corrected chi connectivity index (χ3v) is 4.15. The van der Waals surface area contributed by atoms with Crippen molar-refractivity contribution in [3.05, 3.63) is 45.9 Å². The Labute approximate surface area is 154 Å². The van der Waals surface area contributed by atoms with Crippen LogP contribution in [0.15, 0.2) is 34.8 Å². The Balaban J connectivity index is 2.17. The van der Waals surface area contributed by atoms with Crippen LogP contribution in [0.4, 0.5) is 0 Å². The maximum absolute atomic E-state index is 12.3. The zero-order chi connectivity index (χ0) is 18.4. The van der Waals surface area contributed by atoms with E-state index in [1.165, 1.54) is 14.2 Å². The van der Waals surface area contributed by atoms with Crippen LogP contribution >= 0.6 is 15.9 Å². The lowest BCUT2D eigenvalue weighted by Gasteiger charge is -2.13. The topological polar surface area (TPSA) is 63.2 Å². The van der Waals surface area contributed by atoms with Crippen LogP contribution in [-0.4, -0.2) is 34.4 Å². The smallest absolute Gasteiger partial charge is 0.338 e. The van der Waals surface area contributed by atoms with E-state index in [9.17, 15) is 4.79 Å². The number of hydrogen-bond donors (Lipinski definition) is 0. The highest BCUT2D eigenvalue weighted by Crippen LogP contribution is 2.33. The molecule has 0 unspecified atom stereocenters. The van der Waals surface area contributed by atoms with E-state index < -0.39 is 5.97 Å². The maximum Gasteiger partial charge on any atom is 0.338 e. The Morgan fingerprint density at radius 1 is 0.840 bits per heavy atom. The first-order valence-corrected chi connectivity index (χ1v) is 8.12. The molecule has 0 radical (unpaired) electrons. The van der Waals surface area contributed by atoms with Gasteiger partial charge in [-0.1, -0.05) is 0 Å². The van der Waals surface area contributed by atoms with E-state index in [0.717, 1.165) is 4.47 Å². The summed E-state index contributed by atoms with van der Waals surface area (Å²) in [6.07, 6.45) is 0. The van der Waals surface area contributed by atoms with E-state index >= 15 is 0 Å². The fourth-order valence-corrected chi connectivity index (χ4v) is 2.71. The molecule has 2 aromatic rings. The van der Waals surface area contributed by atoms with Crippen molar-refractivity contribution in [2.45, 2.75) is 6.61 Å². The van der Waals surface area contributed by atoms with Gasteiger partial charge in [0.2, 0.25) is 0 Å². The number of carbonyl (C=O) groups excluding carboxylic acids is 1. The monoisotopic (exact) mass is 410 g/mol. The van der Waals surface area contributed by atoms with E-state index in [-0.39, 0.29) is 6.61 Å². The predicted molar refractivity (Wildman–Crippen MR) is 95.9 cm³/mol. The minimum atomic E-state index is -0.482. The van der Waals surface area contributed by atoms with Gasteiger partial charge in [-0.2, -0.15) is 0 Å². The zero-order valence-corrected chi connectivity index (χ0v) is 16.0. The summed E-state index contributed by atoms with van der Waals surface area (Å²) in [5, 5.41) is 0. The summed E-state index contributed by atoms with van der Waals surface area (Å²) >= 11 is 3.39. The van der Waals surface area contributed by atoms with Crippen LogP contribution in [-0.2, 0) is 11.3 Å². The van der Waals surface area contributed by atoms with Gasteiger partial charge in [-0.3, -0.25) is 0 Å². The van der Waals surface area contributed by atoms with Crippen LogP contribution < -0.4 is 18.9 Å². The van der Waals surface area contributed by atoms with Gasteiger partial charge in [-0.15, -0.1) is 0 Å². The number of carbonyl (C=O) groups is 1. The number of esters is 1. The average molecular weight is 411 g/mol. The molecule has 0 fully saturated rings. The Bertz CT molecular complexity index is 759. The molecule has 134 valence electrons. The van der Waals surface area contributed by atoms with Crippen LogP contribution in [0.5, 0.6) is 23.0 Å². The Hall–Kier alpha value is -2.41.